The van der Waals surface area contributed by atoms with Crippen LogP contribution in [0.4, 0.5) is 0 Å². The molecule has 0 saturated heterocycles. The van der Waals surface area contributed by atoms with E-state index < -0.39 is 0 Å². The third-order valence-corrected chi connectivity index (χ3v) is 1.40. The molecule has 0 atom stereocenters. The third kappa shape index (κ3) is 0.604. The van der Waals surface area contributed by atoms with Gasteiger partial charge >= 0.3 is 0 Å². The van der Waals surface area contributed by atoms with E-state index in [4.69, 9.17) is 0 Å². The first-order chi connectivity index (χ1) is 3.17. The summed E-state index contributed by atoms with van der Waals surface area (Å²) in [6, 6.07) is 0. The monoisotopic (exact) mass is 94.1 g/mol. The zero-order valence-electron chi connectivity index (χ0n) is 4.86. The van der Waals surface area contributed by atoms with Crippen LogP contribution < -0.4 is 0 Å². The molecule has 0 heterocycles. The van der Waals surface area contributed by atoms with E-state index in [1.165, 1.54) is 5.57 Å². The summed E-state index contributed by atoms with van der Waals surface area (Å²) in [5.41, 5.74) is 1.77. The van der Waals surface area contributed by atoms with Gasteiger partial charge in [-0.3, -0.25) is 0 Å². The molecule has 0 N–H and O–H groups in total. The summed E-state index contributed by atoms with van der Waals surface area (Å²) in [6.07, 6.45) is 4.12. The van der Waals surface area contributed by atoms with Gasteiger partial charge in [-0.15, -0.1) is 0 Å². The van der Waals surface area contributed by atoms with Crippen LogP contribution >= 0.6 is 0 Å². The number of hydrogen-bond acceptors (Lipinski definition) is 0. The lowest BCUT2D eigenvalue weighted by Gasteiger charge is -1.95. The van der Waals surface area contributed by atoms with Crippen molar-refractivity contribution in [2.75, 3.05) is 0 Å². The second kappa shape index (κ2) is 1.00. The first-order valence-electron chi connectivity index (χ1n) is 2.52. The molecule has 0 saturated carbocycles. The van der Waals surface area contributed by atoms with E-state index in [9.17, 15) is 0 Å². The highest BCUT2D eigenvalue weighted by atomic mass is 14.3. The molecule has 7 heavy (non-hydrogen) atoms. The van der Waals surface area contributed by atoms with Crippen LogP contribution in [-0.4, -0.2) is 0 Å². The lowest BCUT2D eigenvalue weighted by Crippen LogP contribution is -1.85. The molecule has 0 aromatic carbocycles. The summed E-state index contributed by atoms with van der Waals surface area (Å²) in [5, 5.41) is 0. The Morgan fingerprint density at radius 2 is 2.14 bits per heavy atom. The Kier molecular flexibility index (Phi) is 0.663. The summed E-state index contributed by atoms with van der Waals surface area (Å²) in [7, 11) is 0. The minimum atomic E-state index is 0.391. The molecule has 1 aliphatic carbocycles. The zero-order valence-corrected chi connectivity index (χ0v) is 4.86. The maximum Gasteiger partial charge on any atom is 0.00783 e. The standard InChI is InChI=1S/C7H10/c1-4-6-5-7(6,2)3/h4-5H,1H2,2-3H3. The Morgan fingerprint density at radius 1 is 1.71 bits per heavy atom. The van der Waals surface area contributed by atoms with Crippen molar-refractivity contribution in [3.8, 4) is 0 Å². The van der Waals surface area contributed by atoms with Crippen molar-refractivity contribution in [3.63, 3.8) is 0 Å². The van der Waals surface area contributed by atoms with E-state index in [1.807, 2.05) is 6.08 Å². The molecule has 0 aromatic rings. The molecule has 0 heteroatoms. The fourth-order valence-electron chi connectivity index (χ4n) is 0.675. The molecule has 0 nitrogen and oxygen atoms in total. The predicted octanol–water partition coefficient (Wildman–Crippen LogP) is 2.14. The predicted molar refractivity (Wildman–Crippen MR) is 32.1 cm³/mol. The van der Waals surface area contributed by atoms with Crippen molar-refractivity contribution < 1.29 is 0 Å². The summed E-state index contributed by atoms with van der Waals surface area (Å²) in [4.78, 5) is 0. The van der Waals surface area contributed by atoms with Crippen LogP contribution in [0.2, 0.25) is 0 Å². The van der Waals surface area contributed by atoms with Crippen molar-refractivity contribution in [2.45, 2.75) is 13.8 Å². The van der Waals surface area contributed by atoms with Crippen molar-refractivity contribution in [3.05, 3.63) is 24.3 Å². The molecule has 0 aromatic heterocycles. The average Bonchev–Trinajstić information content (AvgIpc) is 2.13. The Hall–Kier alpha value is -0.520. The van der Waals surface area contributed by atoms with Gasteiger partial charge in [0.1, 0.15) is 0 Å². The molecule has 0 aliphatic heterocycles. The fraction of sp³-hybridized carbons (Fsp3) is 0.429. The van der Waals surface area contributed by atoms with E-state index in [0.29, 0.717) is 5.41 Å². The second-order valence-corrected chi connectivity index (χ2v) is 2.53. The van der Waals surface area contributed by atoms with E-state index in [1.54, 1.807) is 0 Å². The van der Waals surface area contributed by atoms with Gasteiger partial charge in [-0.1, -0.05) is 32.6 Å². The number of allylic oxidation sites excluding steroid dienone is 3. The normalized spacial score (nSPS) is 23.4. The molecule has 38 valence electrons. The number of rotatable bonds is 1. The highest BCUT2D eigenvalue weighted by molar-refractivity contribution is 5.43. The average molecular weight is 94.2 g/mol. The molecule has 0 amide bonds. The summed E-state index contributed by atoms with van der Waals surface area (Å²) >= 11 is 0. The molecular formula is C7H10. The highest BCUT2D eigenvalue weighted by Crippen LogP contribution is 2.42. The van der Waals surface area contributed by atoms with Crippen LogP contribution in [0.5, 0.6) is 0 Å². The summed E-state index contributed by atoms with van der Waals surface area (Å²) in [5.74, 6) is 0. The van der Waals surface area contributed by atoms with Crippen molar-refractivity contribution in [1.82, 2.24) is 0 Å². The zero-order chi connectivity index (χ0) is 5.49. The van der Waals surface area contributed by atoms with Gasteiger partial charge in [-0.25, -0.2) is 0 Å². The van der Waals surface area contributed by atoms with E-state index in [2.05, 4.69) is 26.5 Å². The van der Waals surface area contributed by atoms with Gasteiger partial charge < -0.3 is 0 Å². The molecule has 0 fully saturated rings. The first-order valence-corrected chi connectivity index (χ1v) is 2.52. The van der Waals surface area contributed by atoms with Crippen molar-refractivity contribution in [2.24, 2.45) is 5.41 Å². The van der Waals surface area contributed by atoms with Gasteiger partial charge in [0, 0.05) is 5.41 Å². The van der Waals surface area contributed by atoms with E-state index >= 15 is 0 Å². The molecule has 1 aliphatic rings. The Balaban J connectivity index is 2.55. The Labute approximate surface area is 44.5 Å². The van der Waals surface area contributed by atoms with Gasteiger partial charge in [-0.05, 0) is 5.57 Å². The van der Waals surface area contributed by atoms with Crippen LogP contribution in [0.15, 0.2) is 24.3 Å². The molecule has 0 spiro atoms. The smallest absolute Gasteiger partial charge is 0.00783 e. The quantitative estimate of drug-likeness (QED) is 0.467. The molecule has 1 rings (SSSR count). The molecular weight excluding hydrogens is 84.1 g/mol. The van der Waals surface area contributed by atoms with Gasteiger partial charge in [0.05, 0.1) is 0 Å². The third-order valence-electron chi connectivity index (χ3n) is 1.40. The van der Waals surface area contributed by atoms with Gasteiger partial charge in [0.15, 0.2) is 0 Å². The molecule has 0 unspecified atom stereocenters. The topological polar surface area (TPSA) is 0 Å². The largest absolute Gasteiger partial charge is 0.0988 e. The van der Waals surface area contributed by atoms with Crippen LogP contribution in [-0.2, 0) is 0 Å². The lowest BCUT2D eigenvalue weighted by molar-refractivity contribution is 0.712. The highest BCUT2D eigenvalue weighted by Gasteiger charge is 2.30. The van der Waals surface area contributed by atoms with E-state index in [-0.39, 0.29) is 0 Å². The van der Waals surface area contributed by atoms with Crippen LogP contribution in [0.3, 0.4) is 0 Å². The SMILES string of the molecule is C=CC1=CC1(C)C. The maximum atomic E-state index is 3.65. The lowest BCUT2D eigenvalue weighted by atomic mass is 10.1. The van der Waals surface area contributed by atoms with Crippen LogP contribution in [0.1, 0.15) is 13.8 Å². The fourth-order valence-corrected chi connectivity index (χ4v) is 0.675. The Morgan fingerprint density at radius 3 is 2.14 bits per heavy atom. The summed E-state index contributed by atoms with van der Waals surface area (Å²) in [6.45, 7) is 8.02. The van der Waals surface area contributed by atoms with Crippen LogP contribution in [0, 0.1) is 5.41 Å². The molecule has 0 radical (unpaired) electrons. The van der Waals surface area contributed by atoms with Crippen molar-refractivity contribution in [1.29, 1.82) is 0 Å². The minimum Gasteiger partial charge on any atom is -0.0988 e. The second-order valence-electron chi connectivity index (χ2n) is 2.53. The molecule has 0 bridgehead atoms. The first kappa shape index (κ1) is 4.63. The maximum absolute atomic E-state index is 3.65. The Bertz CT molecular complexity index is 127. The van der Waals surface area contributed by atoms with Gasteiger partial charge in [-0.2, -0.15) is 0 Å². The van der Waals surface area contributed by atoms with Gasteiger partial charge in [0.25, 0.3) is 0 Å². The van der Waals surface area contributed by atoms with Gasteiger partial charge in [0.2, 0.25) is 0 Å². The number of hydrogen-bond donors (Lipinski definition) is 0. The van der Waals surface area contributed by atoms with E-state index in [0.717, 1.165) is 0 Å². The minimum absolute atomic E-state index is 0.391. The van der Waals surface area contributed by atoms with Crippen molar-refractivity contribution >= 4 is 0 Å². The summed E-state index contributed by atoms with van der Waals surface area (Å²) < 4.78 is 0. The van der Waals surface area contributed by atoms with Crippen LogP contribution in [0.25, 0.3) is 0 Å².